The molecule has 0 aliphatic carbocycles. The number of ether oxygens (including phenoxy) is 4. The Balaban J connectivity index is 1.11. The zero-order valence-electron chi connectivity index (χ0n) is 32.2. The molecule has 4 aromatic carbocycles. The summed E-state index contributed by atoms with van der Waals surface area (Å²) in [5.41, 5.74) is 6.75. The summed E-state index contributed by atoms with van der Waals surface area (Å²) in [6.07, 6.45) is 0. The minimum absolute atomic E-state index is 0.104. The maximum atomic E-state index is 14.2. The van der Waals surface area contributed by atoms with Crippen molar-refractivity contribution < 1.29 is 24.2 Å². The number of para-hydroxylation sites is 2. The van der Waals surface area contributed by atoms with E-state index in [1.165, 1.54) is 16.5 Å². The number of aromatic amines is 2. The van der Waals surface area contributed by atoms with E-state index in [-0.39, 0.29) is 23.5 Å². The highest BCUT2D eigenvalue weighted by molar-refractivity contribution is 5.84. The van der Waals surface area contributed by atoms with Crippen LogP contribution in [0.2, 0.25) is 0 Å². The van der Waals surface area contributed by atoms with Gasteiger partial charge < -0.3 is 33.8 Å². The van der Waals surface area contributed by atoms with Gasteiger partial charge in [-0.15, -0.1) is 0 Å². The maximum Gasteiger partial charge on any atom is 0.284 e. The van der Waals surface area contributed by atoms with Gasteiger partial charge in [0.1, 0.15) is 58.2 Å². The number of rotatable bonds is 12. The maximum absolute atomic E-state index is 14.2. The normalized spacial score (nSPS) is 11.4. The van der Waals surface area contributed by atoms with Crippen LogP contribution in [0.1, 0.15) is 5.56 Å². The predicted octanol–water partition coefficient (Wildman–Crippen LogP) is 5.22. The Bertz CT molecular complexity index is 2870. The van der Waals surface area contributed by atoms with Gasteiger partial charge in [-0.25, -0.2) is 24.0 Å². The topological polar surface area (TPSA) is 184 Å². The predicted molar refractivity (Wildman–Crippen MR) is 216 cm³/mol. The van der Waals surface area contributed by atoms with Crippen molar-refractivity contribution in [2.45, 2.75) is 6.61 Å². The first kappa shape index (κ1) is 36.6. The number of methoxy groups -OCH3 is 3. The summed E-state index contributed by atoms with van der Waals surface area (Å²) in [7, 11) is 11.8. The van der Waals surface area contributed by atoms with Crippen molar-refractivity contribution in [3.63, 3.8) is 0 Å². The molecule has 0 aliphatic heterocycles. The molecule has 0 amide bonds. The van der Waals surface area contributed by atoms with Gasteiger partial charge in [-0.05, 0) is 29.8 Å². The lowest BCUT2D eigenvalue weighted by molar-refractivity contribution is 0.303. The average Bonchev–Trinajstić information content (AvgIpc) is 3.96. The van der Waals surface area contributed by atoms with E-state index in [4.69, 9.17) is 23.9 Å². The molecule has 8 rings (SSSR count). The van der Waals surface area contributed by atoms with E-state index in [1.807, 2.05) is 68.5 Å². The molecular weight excluding hydrogens is 733 g/mol. The largest absolute Gasteiger partial charge is 0.497 e. The molecule has 292 valence electrons. The van der Waals surface area contributed by atoms with E-state index in [9.17, 15) is 14.8 Å². The van der Waals surface area contributed by atoms with E-state index in [0.29, 0.717) is 74.0 Å². The SMILES string of the molecule is COc1cc(OCc2ccc3nc(-c4c(N(C)C)n(C)n(-c5cc(OC)cc(OC)c5)c4=O)[nH]c3c2)cc(-n2c(NO)c(-c3nc4ccccc4[nH]3)c(=O)n2C)c1. The zero-order chi connectivity index (χ0) is 40.1. The molecule has 8 aromatic rings. The van der Waals surface area contributed by atoms with Crippen molar-refractivity contribution >= 4 is 33.7 Å². The summed E-state index contributed by atoms with van der Waals surface area (Å²) in [4.78, 5) is 45.6. The number of fused-ring (bicyclic) bond motifs is 2. The van der Waals surface area contributed by atoms with Gasteiger partial charge in [-0.1, -0.05) is 18.2 Å². The standard InChI is InChI=1S/C40H40N10O7/c1-46(2)38-34(40(52)50(47(38)3)24-16-25(54-5)19-26(17-24)55-6)36-43-31-13-12-22(14-32(31)44-36)21-57-28-18-23(15-27(20-28)56-7)49-37(45-53)33(39(51)48(49)4)35-41-29-10-8-9-11-30(29)42-35/h8-20,45,53H,21H2,1-7H3,(H,41,42)(H,43,44). The van der Waals surface area contributed by atoms with Crippen LogP contribution >= 0.6 is 0 Å². The van der Waals surface area contributed by atoms with Gasteiger partial charge in [-0.3, -0.25) is 25.0 Å². The molecule has 0 aliphatic rings. The lowest BCUT2D eigenvalue weighted by atomic mass is 10.2. The molecule has 17 heteroatoms. The number of aromatic nitrogens is 8. The van der Waals surface area contributed by atoms with Crippen LogP contribution in [0, 0.1) is 0 Å². The second-order valence-electron chi connectivity index (χ2n) is 13.5. The van der Waals surface area contributed by atoms with Crippen LogP contribution in [0.25, 0.3) is 56.2 Å². The lowest BCUT2D eigenvalue weighted by Crippen LogP contribution is -2.21. The number of anilines is 2. The zero-order valence-corrected chi connectivity index (χ0v) is 32.2. The summed E-state index contributed by atoms with van der Waals surface area (Å²) in [5, 5.41) is 10.3. The summed E-state index contributed by atoms with van der Waals surface area (Å²) in [5.74, 6) is 3.45. The highest BCUT2D eigenvalue weighted by Gasteiger charge is 2.26. The van der Waals surface area contributed by atoms with E-state index in [1.54, 1.807) is 67.0 Å². The fourth-order valence-corrected chi connectivity index (χ4v) is 7.13. The van der Waals surface area contributed by atoms with Crippen molar-refractivity contribution in [3.8, 4) is 57.1 Å². The third-order valence-corrected chi connectivity index (χ3v) is 9.76. The van der Waals surface area contributed by atoms with Crippen LogP contribution in [0.15, 0.2) is 88.5 Å². The third kappa shape index (κ3) is 6.28. The molecule has 0 bridgehead atoms. The van der Waals surface area contributed by atoms with Gasteiger partial charge in [0, 0.05) is 64.6 Å². The van der Waals surface area contributed by atoms with Gasteiger partial charge >= 0.3 is 0 Å². The molecule has 0 atom stereocenters. The first-order valence-corrected chi connectivity index (χ1v) is 17.7. The first-order valence-electron chi connectivity index (χ1n) is 17.7. The van der Waals surface area contributed by atoms with Crippen LogP contribution < -0.4 is 40.4 Å². The Labute approximate surface area is 324 Å². The third-order valence-electron chi connectivity index (χ3n) is 9.76. The van der Waals surface area contributed by atoms with Crippen LogP contribution in [-0.2, 0) is 20.7 Å². The van der Waals surface area contributed by atoms with Crippen molar-refractivity contribution in [1.29, 1.82) is 0 Å². The first-order chi connectivity index (χ1) is 27.5. The van der Waals surface area contributed by atoms with E-state index in [0.717, 1.165) is 11.1 Å². The Hall–Kier alpha value is -7.40. The molecule has 0 unspecified atom stereocenters. The number of nitrogens with one attached hydrogen (secondary N) is 3. The Morgan fingerprint density at radius 3 is 1.89 bits per heavy atom. The minimum atomic E-state index is -0.393. The van der Waals surface area contributed by atoms with Crippen LogP contribution in [0.5, 0.6) is 23.0 Å². The molecule has 57 heavy (non-hydrogen) atoms. The quantitative estimate of drug-likeness (QED) is 0.119. The summed E-state index contributed by atoms with van der Waals surface area (Å²) in [6.45, 7) is 0.162. The molecule has 0 spiro atoms. The monoisotopic (exact) mass is 772 g/mol. The fourth-order valence-electron chi connectivity index (χ4n) is 7.13. The smallest absolute Gasteiger partial charge is 0.284 e. The van der Waals surface area contributed by atoms with Gasteiger partial charge in [-0.2, -0.15) is 0 Å². The Morgan fingerprint density at radius 2 is 1.26 bits per heavy atom. The number of hydrogen-bond donors (Lipinski definition) is 4. The molecule has 0 fully saturated rings. The molecule has 4 aromatic heterocycles. The summed E-state index contributed by atoms with van der Waals surface area (Å²) in [6, 6.07) is 23.6. The lowest BCUT2D eigenvalue weighted by Gasteiger charge is -2.17. The van der Waals surface area contributed by atoms with Gasteiger partial charge in [0.15, 0.2) is 5.82 Å². The van der Waals surface area contributed by atoms with Gasteiger partial charge in [0.05, 0.1) is 54.8 Å². The van der Waals surface area contributed by atoms with E-state index < -0.39 is 5.56 Å². The van der Waals surface area contributed by atoms with Gasteiger partial charge in [0.2, 0.25) is 0 Å². The minimum Gasteiger partial charge on any atom is -0.497 e. The Morgan fingerprint density at radius 1 is 0.684 bits per heavy atom. The van der Waals surface area contributed by atoms with Crippen molar-refractivity contribution in [3.05, 3.63) is 105 Å². The highest BCUT2D eigenvalue weighted by Crippen LogP contribution is 2.33. The molecule has 0 radical (unpaired) electrons. The molecule has 4 N–H and O–H groups in total. The Kier molecular flexibility index (Phi) is 9.21. The number of nitrogens with zero attached hydrogens (tertiary/aromatic N) is 7. The molecule has 17 nitrogen and oxygen atoms in total. The second-order valence-corrected chi connectivity index (χ2v) is 13.5. The summed E-state index contributed by atoms with van der Waals surface area (Å²) < 4.78 is 29.0. The number of imidazole rings is 2. The van der Waals surface area contributed by atoms with Crippen LogP contribution in [-0.4, -0.2) is 79.3 Å². The van der Waals surface area contributed by atoms with Crippen LogP contribution in [0.4, 0.5) is 11.6 Å². The van der Waals surface area contributed by atoms with Crippen molar-refractivity contribution in [2.75, 3.05) is 45.8 Å². The molecular formula is C40H40N10O7. The van der Waals surface area contributed by atoms with Crippen molar-refractivity contribution in [1.82, 2.24) is 38.7 Å². The highest BCUT2D eigenvalue weighted by atomic mass is 16.5. The number of benzene rings is 4. The van der Waals surface area contributed by atoms with E-state index in [2.05, 4.69) is 20.4 Å². The van der Waals surface area contributed by atoms with Gasteiger partial charge in [0.25, 0.3) is 11.1 Å². The fraction of sp³-hybridized carbons (Fsp3) is 0.200. The molecule has 0 saturated carbocycles. The number of hydrogen-bond acceptors (Lipinski definition) is 11. The average molecular weight is 773 g/mol. The van der Waals surface area contributed by atoms with Crippen molar-refractivity contribution in [2.24, 2.45) is 14.1 Å². The summed E-state index contributed by atoms with van der Waals surface area (Å²) >= 11 is 0. The molecule has 0 saturated heterocycles. The molecule has 4 heterocycles. The second kappa shape index (κ2) is 14.3. The van der Waals surface area contributed by atoms with Crippen LogP contribution in [0.3, 0.4) is 0 Å². The van der Waals surface area contributed by atoms with E-state index >= 15 is 0 Å². The number of H-pyrrole nitrogens is 2.